The van der Waals surface area contributed by atoms with E-state index in [2.05, 4.69) is 5.73 Å². The molecule has 0 bridgehead atoms. The average Bonchev–Trinajstić information content (AvgIpc) is 3.33. The molecule has 1 aromatic heterocycles. The van der Waals surface area contributed by atoms with Crippen molar-refractivity contribution in [1.29, 1.82) is 0 Å². The number of hydrogen-bond acceptors (Lipinski definition) is 5. The summed E-state index contributed by atoms with van der Waals surface area (Å²) in [5.41, 5.74) is 5.77. The predicted octanol–water partition coefficient (Wildman–Crippen LogP) is 2.89. The van der Waals surface area contributed by atoms with Gasteiger partial charge < -0.3 is 4.42 Å². The lowest BCUT2D eigenvalue weighted by atomic mass is 10.0. The normalized spacial score (nSPS) is 19.4. The van der Waals surface area contributed by atoms with E-state index >= 15 is 0 Å². The van der Waals surface area contributed by atoms with Crippen molar-refractivity contribution < 1.29 is 12.8 Å². The second kappa shape index (κ2) is 5.89. The van der Waals surface area contributed by atoms with Crippen molar-refractivity contribution in [3.05, 3.63) is 78.0 Å². The largest absolute Gasteiger partial charge is 0.467 e. The van der Waals surface area contributed by atoms with Gasteiger partial charge in [0.25, 0.3) is 0 Å². The molecular weight excluding hydrogens is 338 g/mol. The van der Waals surface area contributed by atoms with E-state index in [-0.39, 0.29) is 10.9 Å². The van der Waals surface area contributed by atoms with E-state index in [1.54, 1.807) is 18.4 Å². The van der Waals surface area contributed by atoms with E-state index in [1.807, 2.05) is 35.4 Å². The predicted molar refractivity (Wildman–Crippen MR) is 94.5 cm³/mol. The van der Waals surface area contributed by atoms with Crippen molar-refractivity contribution in [1.82, 2.24) is 0 Å². The van der Waals surface area contributed by atoms with Gasteiger partial charge in [0.05, 0.1) is 22.6 Å². The van der Waals surface area contributed by atoms with Crippen molar-refractivity contribution in [2.45, 2.75) is 17.4 Å². The summed E-state index contributed by atoms with van der Waals surface area (Å²) in [5.74, 6) is 0.792. The maximum absolute atomic E-state index is 11.4. The third-order valence-corrected chi connectivity index (χ3v) is 5.05. The molecular formula is C18H15N3O3S. The second-order valence-corrected chi connectivity index (χ2v) is 7.31. The Hall–Kier alpha value is -2.86. The van der Waals surface area contributed by atoms with Gasteiger partial charge in [0.2, 0.25) is 10.0 Å². The number of benzene rings is 1. The number of hydrazone groups is 1. The first-order chi connectivity index (χ1) is 12.0. The highest BCUT2D eigenvalue weighted by Crippen LogP contribution is 2.37. The molecule has 1 unspecified atom stereocenters. The van der Waals surface area contributed by atoms with E-state index in [1.165, 1.54) is 12.1 Å². The summed E-state index contributed by atoms with van der Waals surface area (Å²) >= 11 is 0. The molecule has 0 amide bonds. The van der Waals surface area contributed by atoms with Crippen molar-refractivity contribution >= 4 is 21.4 Å². The van der Waals surface area contributed by atoms with Crippen LogP contribution in [-0.2, 0) is 10.0 Å². The second-order valence-electron chi connectivity index (χ2n) is 5.75. The summed E-state index contributed by atoms with van der Waals surface area (Å²) in [7, 11) is -3.72. The minimum atomic E-state index is -3.72. The molecule has 2 heterocycles. The van der Waals surface area contributed by atoms with Crippen LogP contribution in [0.2, 0.25) is 0 Å². The van der Waals surface area contributed by atoms with Crippen LogP contribution in [0.3, 0.4) is 0 Å². The summed E-state index contributed by atoms with van der Waals surface area (Å²) < 4.78 is 28.5. The van der Waals surface area contributed by atoms with Gasteiger partial charge in [-0.25, -0.2) is 13.6 Å². The molecule has 2 aromatic rings. The Kier molecular flexibility index (Phi) is 3.69. The summed E-state index contributed by atoms with van der Waals surface area (Å²) in [5, 5.41) is 11.7. The number of nitrogens with zero attached hydrogens (tertiary/aromatic N) is 2. The smallest absolute Gasteiger partial charge is 0.238 e. The molecule has 1 aromatic carbocycles. The van der Waals surface area contributed by atoms with Crippen LogP contribution in [0.15, 0.2) is 86.6 Å². The van der Waals surface area contributed by atoms with Gasteiger partial charge in [0.15, 0.2) is 0 Å². The highest BCUT2D eigenvalue weighted by Gasteiger charge is 2.32. The van der Waals surface area contributed by atoms with E-state index in [0.29, 0.717) is 6.42 Å². The number of allylic oxidation sites excluding steroid dienone is 3. The fourth-order valence-corrected chi connectivity index (χ4v) is 3.43. The molecule has 25 heavy (non-hydrogen) atoms. The molecule has 0 saturated heterocycles. The number of anilines is 1. The number of sulfonamides is 1. The molecule has 0 radical (unpaired) electrons. The summed E-state index contributed by atoms with van der Waals surface area (Å²) in [6.07, 6.45) is 8.04. The van der Waals surface area contributed by atoms with Crippen LogP contribution in [0.1, 0.15) is 18.2 Å². The fourth-order valence-electron chi connectivity index (χ4n) is 2.91. The van der Waals surface area contributed by atoms with Crippen molar-refractivity contribution in [3.8, 4) is 0 Å². The summed E-state index contributed by atoms with van der Waals surface area (Å²) in [6.45, 7) is 0. The van der Waals surface area contributed by atoms with Crippen molar-refractivity contribution in [3.63, 3.8) is 0 Å². The van der Waals surface area contributed by atoms with E-state index in [4.69, 9.17) is 14.7 Å². The standard InChI is InChI=1S/C18H15N3O3S/c19-25(22,23)15-9-7-14(8-10-15)21-17(18-6-3-11-24-18)12-16(20-21)13-4-1-2-5-13/h1-4,6-11,17H,12H2,(H2,19,22,23). The molecule has 1 aliphatic carbocycles. The third kappa shape index (κ3) is 2.96. The molecule has 0 fully saturated rings. The Bertz CT molecular complexity index is 1030. The molecule has 1 aliphatic heterocycles. The molecule has 1 atom stereocenters. The van der Waals surface area contributed by atoms with Crippen molar-refractivity contribution in [2.75, 3.05) is 5.01 Å². The quantitative estimate of drug-likeness (QED) is 0.856. The Balaban J connectivity index is 1.73. The van der Waals surface area contributed by atoms with Crippen LogP contribution in [0.25, 0.3) is 0 Å². The minimum absolute atomic E-state index is 0.0681. The number of primary sulfonamides is 1. The van der Waals surface area contributed by atoms with Gasteiger partial charge in [-0.3, -0.25) is 5.01 Å². The topological polar surface area (TPSA) is 88.9 Å². The number of furan rings is 1. The minimum Gasteiger partial charge on any atom is -0.467 e. The monoisotopic (exact) mass is 353 g/mol. The fraction of sp³-hybridized carbons (Fsp3) is 0.111. The van der Waals surface area contributed by atoms with Crippen LogP contribution >= 0.6 is 0 Å². The van der Waals surface area contributed by atoms with Crippen LogP contribution in [0.4, 0.5) is 5.69 Å². The van der Waals surface area contributed by atoms with Gasteiger partial charge in [-0.2, -0.15) is 5.10 Å². The van der Waals surface area contributed by atoms with Crippen LogP contribution in [0, 0.1) is 0 Å². The summed E-state index contributed by atoms with van der Waals surface area (Å²) in [4.78, 5) is 0.0681. The molecule has 0 saturated carbocycles. The SMILES string of the molecule is NS(=O)(=O)c1ccc(N2N=C(C3=C=CC=C3)CC2c2ccco2)cc1. The zero-order valence-corrected chi connectivity index (χ0v) is 14.0. The lowest BCUT2D eigenvalue weighted by molar-refractivity contribution is 0.465. The highest BCUT2D eigenvalue weighted by molar-refractivity contribution is 7.89. The number of hydrogen-bond donors (Lipinski definition) is 1. The first-order valence-electron chi connectivity index (χ1n) is 7.69. The molecule has 2 aliphatic rings. The zero-order valence-electron chi connectivity index (χ0n) is 13.2. The number of nitrogens with two attached hydrogens (primary N) is 1. The maximum Gasteiger partial charge on any atom is 0.238 e. The first-order valence-corrected chi connectivity index (χ1v) is 9.24. The molecule has 0 spiro atoms. The maximum atomic E-state index is 11.4. The lowest BCUT2D eigenvalue weighted by Crippen LogP contribution is -2.18. The lowest BCUT2D eigenvalue weighted by Gasteiger charge is -2.22. The van der Waals surface area contributed by atoms with Gasteiger partial charge >= 0.3 is 0 Å². The molecule has 7 heteroatoms. The third-order valence-electron chi connectivity index (χ3n) is 4.12. The van der Waals surface area contributed by atoms with Crippen LogP contribution in [-0.4, -0.2) is 14.1 Å². The Morgan fingerprint density at radius 3 is 2.64 bits per heavy atom. The van der Waals surface area contributed by atoms with Gasteiger partial charge in [-0.05, 0) is 48.6 Å². The van der Waals surface area contributed by atoms with Gasteiger partial charge in [0, 0.05) is 12.0 Å². The van der Waals surface area contributed by atoms with Crippen LogP contribution < -0.4 is 10.1 Å². The Labute approximate surface area is 145 Å². The van der Waals surface area contributed by atoms with Crippen molar-refractivity contribution in [2.24, 2.45) is 10.2 Å². The zero-order chi connectivity index (χ0) is 17.4. The molecule has 4 rings (SSSR count). The van der Waals surface area contributed by atoms with Gasteiger partial charge in [-0.1, -0.05) is 6.08 Å². The van der Waals surface area contributed by atoms with E-state index < -0.39 is 10.0 Å². The van der Waals surface area contributed by atoms with Crippen LogP contribution in [0.5, 0.6) is 0 Å². The summed E-state index contributed by atoms with van der Waals surface area (Å²) in [6, 6.07) is 9.98. The van der Waals surface area contributed by atoms with Gasteiger partial charge in [0.1, 0.15) is 11.8 Å². The first kappa shape index (κ1) is 15.7. The molecule has 126 valence electrons. The van der Waals surface area contributed by atoms with E-state index in [0.717, 1.165) is 22.7 Å². The van der Waals surface area contributed by atoms with E-state index in [9.17, 15) is 8.42 Å². The van der Waals surface area contributed by atoms with Gasteiger partial charge in [-0.15, -0.1) is 5.73 Å². The number of rotatable bonds is 4. The average molecular weight is 353 g/mol. The molecule has 6 nitrogen and oxygen atoms in total. The highest BCUT2D eigenvalue weighted by atomic mass is 32.2. The Morgan fingerprint density at radius 1 is 1.24 bits per heavy atom. The molecule has 2 N–H and O–H groups in total. The Morgan fingerprint density at radius 2 is 2.04 bits per heavy atom.